The summed E-state index contributed by atoms with van der Waals surface area (Å²) < 4.78 is 10.4. The van der Waals surface area contributed by atoms with E-state index in [0.29, 0.717) is 36.3 Å². The Labute approximate surface area is 144 Å². The Kier molecular flexibility index (Phi) is 5.20. The van der Waals surface area contributed by atoms with Crippen molar-refractivity contribution in [3.63, 3.8) is 0 Å². The minimum absolute atomic E-state index is 0.307. The molecule has 3 rings (SSSR count). The van der Waals surface area contributed by atoms with E-state index in [9.17, 15) is 0 Å². The summed E-state index contributed by atoms with van der Waals surface area (Å²) in [5.41, 5.74) is 7.33. The maximum atomic E-state index is 5.88. The molecule has 0 aliphatic rings. The van der Waals surface area contributed by atoms with Gasteiger partial charge in [0, 0.05) is 30.9 Å². The molecule has 0 spiro atoms. The molecule has 1 aromatic carbocycles. The number of aromatic nitrogens is 3. The second kappa shape index (κ2) is 7.91. The fourth-order valence-electron chi connectivity index (χ4n) is 2.11. The third-order valence-corrected chi connectivity index (χ3v) is 3.31. The van der Waals surface area contributed by atoms with Gasteiger partial charge in [-0.25, -0.2) is 0 Å². The number of anilines is 1. The van der Waals surface area contributed by atoms with Crippen LogP contribution in [0.15, 0.2) is 58.2 Å². The molecule has 0 unspecified atom stereocenters. The summed E-state index contributed by atoms with van der Waals surface area (Å²) in [6.45, 7) is 0.435. The van der Waals surface area contributed by atoms with Crippen molar-refractivity contribution in [3.05, 3.63) is 54.5 Å². The minimum Gasteiger partial charge on any atom is -0.497 e. The molecule has 25 heavy (non-hydrogen) atoms. The Morgan fingerprint density at radius 2 is 2.20 bits per heavy atom. The topological polar surface area (TPSA) is 111 Å². The Hall–Kier alpha value is -3.42. The summed E-state index contributed by atoms with van der Waals surface area (Å²) in [7, 11) is 1.61. The lowest BCUT2D eigenvalue weighted by atomic mass is 10.3. The van der Waals surface area contributed by atoms with E-state index in [1.165, 1.54) is 0 Å². The van der Waals surface area contributed by atoms with Gasteiger partial charge >= 0.3 is 0 Å². The predicted molar refractivity (Wildman–Crippen MR) is 94.3 cm³/mol. The minimum atomic E-state index is 0.307. The zero-order valence-corrected chi connectivity index (χ0v) is 13.7. The SMILES string of the molecule is COc1cccc(NC(N)=NCCc2noc(-c3ccccn3)n2)c1. The number of guanidine groups is 1. The van der Waals surface area contributed by atoms with E-state index in [-0.39, 0.29) is 0 Å². The van der Waals surface area contributed by atoms with Gasteiger partial charge in [0.05, 0.1) is 7.11 Å². The molecule has 0 fully saturated rings. The highest BCUT2D eigenvalue weighted by Gasteiger charge is 2.09. The standard InChI is InChI=1S/C17H18N6O2/c1-24-13-6-4-5-12(11-13)21-17(18)20-10-8-15-22-16(25-23-15)14-7-2-3-9-19-14/h2-7,9,11H,8,10H2,1H3,(H3,18,20,21). The van der Waals surface area contributed by atoms with Crippen molar-refractivity contribution in [2.45, 2.75) is 6.42 Å². The summed E-state index contributed by atoms with van der Waals surface area (Å²) >= 11 is 0. The van der Waals surface area contributed by atoms with Crippen LogP contribution in [0.1, 0.15) is 5.82 Å². The van der Waals surface area contributed by atoms with Crippen LogP contribution in [0.4, 0.5) is 5.69 Å². The smallest absolute Gasteiger partial charge is 0.276 e. The van der Waals surface area contributed by atoms with Crippen LogP contribution in [0.25, 0.3) is 11.6 Å². The van der Waals surface area contributed by atoms with Crippen LogP contribution < -0.4 is 15.8 Å². The molecule has 0 radical (unpaired) electrons. The predicted octanol–water partition coefficient (Wildman–Crippen LogP) is 2.11. The van der Waals surface area contributed by atoms with Crippen LogP contribution >= 0.6 is 0 Å². The molecule has 0 saturated heterocycles. The Morgan fingerprint density at radius 1 is 1.28 bits per heavy atom. The molecule has 3 N–H and O–H groups in total. The van der Waals surface area contributed by atoms with Gasteiger partial charge in [0.1, 0.15) is 11.4 Å². The quantitative estimate of drug-likeness (QED) is 0.523. The molecule has 8 nitrogen and oxygen atoms in total. The normalized spacial score (nSPS) is 11.3. The monoisotopic (exact) mass is 338 g/mol. The Morgan fingerprint density at radius 3 is 3.00 bits per heavy atom. The molecule has 2 aromatic heterocycles. The zero-order valence-electron chi connectivity index (χ0n) is 13.7. The van der Waals surface area contributed by atoms with E-state index in [1.807, 2.05) is 42.5 Å². The van der Waals surface area contributed by atoms with Gasteiger partial charge in [-0.15, -0.1) is 0 Å². The fraction of sp³-hybridized carbons (Fsp3) is 0.176. The lowest BCUT2D eigenvalue weighted by Gasteiger charge is -2.07. The number of methoxy groups -OCH3 is 1. The Bertz CT molecular complexity index is 847. The van der Waals surface area contributed by atoms with Crippen molar-refractivity contribution in [1.29, 1.82) is 0 Å². The molecule has 0 amide bonds. The number of hydrogen-bond donors (Lipinski definition) is 2. The first-order valence-corrected chi connectivity index (χ1v) is 7.69. The number of nitrogens with one attached hydrogen (secondary N) is 1. The second-order valence-electron chi connectivity index (χ2n) is 5.10. The summed E-state index contributed by atoms with van der Waals surface area (Å²) in [6.07, 6.45) is 2.19. The molecule has 128 valence electrons. The molecule has 0 atom stereocenters. The third-order valence-electron chi connectivity index (χ3n) is 3.31. The van der Waals surface area contributed by atoms with Gasteiger partial charge in [-0.2, -0.15) is 4.98 Å². The van der Waals surface area contributed by atoms with Crippen molar-refractivity contribution in [1.82, 2.24) is 15.1 Å². The van der Waals surface area contributed by atoms with Crippen molar-refractivity contribution in [2.75, 3.05) is 19.0 Å². The molecule has 0 bridgehead atoms. The lowest BCUT2D eigenvalue weighted by molar-refractivity contribution is 0.415. The van der Waals surface area contributed by atoms with Crippen LogP contribution in [0, 0.1) is 0 Å². The molecule has 0 saturated carbocycles. The molecular formula is C17H18N6O2. The molecular weight excluding hydrogens is 320 g/mol. The van der Waals surface area contributed by atoms with Gasteiger partial charge in [-0.3, -0.25) is 9.98 Å². The fourth-order valence-corrected chi connectivity index (χ4v) is 2.11. The third kappa shape index (κ3) is 4.54. The number of ether oxygens (including phenoxy) is 1. The van der Waals surface area contributed by atoms with Gasteiger partial charge in [0.2, 0.25) is 0 Å². The maximum Gasteiger partial charge on any atom is 0.276 e. The van der Waals surface area contributed by atoms with Crippen LogP contribution in [0.3, 0.4) is 0 Å². The van der Waals surface area contributed by atoms with Gasteiger partial charge in [-0.1, -0.05) is 17.3 Å². The van der Waals surface area contributed by atoms with E-state index in [2.05, 4.69) is 25.4 Å². The first kappa shape index (κ1) is 16.4. The van der Waals surface area contributed by atoms with E-state index < -0.39 is 0 Å². The zero-order chi connectivity index (χ0) is 17.5. The highest BCUT2D eigenvalue weighted by molar-refractivity contribution is 5.92. The maximum absolute atomic E-state index is 5.88. The highest BCUT2D eigenvalue weighted by Crippen LogP contribution is 2.16. The number of rotatable bonds is 6. The van der Waals surface area contributed by atoms with Crippen LogP contribution in [-0.2, 0) is 6.42 Å². The van der Waals surface area contributed by atoms with Crippen LogP contribution in [0.5, 0.6) is 5.75 Å². The van der Waals surface area contributed by atoms with Gasteiger partial charge < -0.3 is 20.3 Å². The average Bonchev–Trinajstić information content (AvgIpc) is 3.11. The second-order valence-corrected chi connectivity index (χ2v) is 5.10. The van der Waals surface area contributed by atoms with Gasteiger partial charge in [0.25, 0.3) is 5.89 Å². The first-order chi connectivity index (χ1) is 12.2. The Balaban J connectivity index is 1.55. The summed E-state index contributed by atoms with van der Waals surface area (Å²) in [4.78, 5) is 12.7. The van der Waals surface area contributed by atoms with E-state index in [4.69, 9.17) is 15.0 Å². The van der Waals surface area contributed by atoms with Crippen molar-refractivity contribution < 1.29 is 9.26 Å². The lowest BCUT2D eigenvalue weighted by Crippen LogP contribution is -2.23. The number of pyridine rings is 1. The van der Waals surface area contributed by atoms with Gasteiger partial charge in [0.15, 0.2) is 11.8 Å². The molecule has 0 aliphatic carbocycles. The average molecular weight is 338 g/mol. The van der Waals surface area contributed by atoms with E-state index >= 15 is 0 Å². The van der Waals surface area contributed by atoms with Gasteiger partial charge in [-0.05, 0) is 24.3 Å². The van der Waals surface area contributed by atoms with E-state index in [1.54, 1.807) is 13.3 Å². The van der Waals surface area contributed by atoms with Crippen LogP contribution in [0.2, 0.25) is 0 Å². The number of benzene rings is 1. The molecule has 3 aromatic rings. The molecule has 8 heteroatoms. The number of nitrogens with two attached hydrogens (primary N) is 1. The van der Waals surface area contributed by atoms with Crippen molar-refractivity contribution in [3.8, 4) is 17.3 Å². The number of aliphatic imine (C=N–C) groups is 1. The highest BCUT2D eigenvalue weighted by atomic mass is 16.5. The first-order valence-electron chi connectivity index (χ1n) is 7.69. The van der Waals surface area contributed by atoms with Crippen molar-refractivity contribution >= 4 is 11.6 Å². The summed E-state index contributed by atoms with van der Waals surface area (Å²) in [5, 5.41) is 6.93. The number of hydrogen-bond acceptors (Lipinski definition) is 6. The summed E-state index contributed by atoms with van der Waals surface area (Å²) in [5.74, 6) is 1.99. The largest absolute Gasteiger partial charge is 0.497 e. The van der Waals surface area contributed by atoms with Crippen LogP contribution in [-0.4, -0.2) is 34.7 Å². The summed E-state index contributed by atoms with van der Waals surface area (Å²) in [6, 6.07) is 12.9. The van der Waals surface area contributed by atoms with E-state index in [0.717, 1.165) is 11.4 Å². The number of nitrogens with zero attached hydrogens (tertiary/aromatic N) is 4. The van der Waals surface area contributed by atoms with Crippen molar-refractivity contribution in [2.24, 2.45) is 10.7 Å². The molecule has 0 aliphatic heterocycles. The molecule has 2 heterocycles.